The van der Waals surface area contributed by atoms with E-state index >= 15 is 0 Å². The lowest BCUT2D eigenvalue weighted by Crippen LogP contribution is -2.64. The van der Waals surface area contributed by atoms with Gasteiger partial charge in [-0.3, -0.25) is 0 Å². The van der Waals surface area contributed by atoms with Gasteiger partial charge in [0.05, 0.1) is 0 Å². The van der Waals surface area contributed by atoms with Crippen LogP contribution < -0.4 is 57.0 Å². The van der Waals surface area contributed by atoms with Crippen molar-refractivity contribution in [3.63, 3.8) is 0 Å². The third kappa shape index (κ3) is 6.77. The van der Waals surface area contributed by atoms with Gasteiger partial charge in [0.15, 0.2) is 0 Å². The molecule has 0 saturated heterocycles. The van der Waals surface area contributed by atoms with E-state index in [0.29, 0.717) is 0 Å². The maximum Gasteiger partial charge on any atom is 0.252 e. The summed E-state index contributed by atoms with van der Waals surface area (Å²) in [5, 5.41) is 4.64. The summed E-state index contributed by atoms with van der Waals surface area (Å²) in [5.41, 5.74) is 17.7. The van der Waals surface area contributed by atoms with Crippen LogP contribution in [-0.2, 0) is 0 Å². The molecule has 4 aliphatic heterocycles. The number of hydrogen-bond donors (Lipinski definition) is 0. The molecule has 0 unspecified atom stereocenters. The average Bonchev–Trinajstić information content (AvgIpc) is 3.66. The first kappa shape index (κ1) is 43.1. The summed E-state index contributed by atoms with van der Waals surface area (Å²) in [6.45, 7) is -0.153. The predicted molar refractivity (Wildman–Crippen MR) is 318 cm³/mol. The van der Waals surface area contributed by atoms with E-state index in [9.17, 15) is 0 Å². The fourth-order valence-corrected chi connectivity index (χ4v) is 13.7. The molecule has 0 radical (unpaired) electrons. The second-order valence-corrected chi connectivity index (χ2v) is 21.1. The minimum Gasteiger partial charge on any atom is -0.457 e. The van der Waals surface area contributed by atoms with Gasteiger partial charge in [-0.05, 0) is 134 Å². The highest BCUT2D eigenvalue weighted by Gasteiger charge is 2.47. The summed E-state index contributed by atoms with van der Waals surface area (Å²) in [6.07, 6.45) is 0. The quantitative estimate of drug-likeness (QED) is 0.148. The summed E-state index contributed by atoms with van der Waals surface area (Å²) in [4.78, 5) is 9.77. The number of benzene rings is 12. The number of rotatable bonds is 7. The standard InChI is InChI=1S/C68H43B2N3O2S/c1-4-22-48(23-5-1)71-59-30-16-14-28-55(59)69-57-42-58-65(43-61(57)73(50-26-8-3-9-27-50)63-39-53(38-62(71)67(63)69)74-51-34-32-44-18-10-12-20-46(44)36-51)76-66-41-54(75-52-35-33-45-19-11-13-21-47(45)37-52)40-64-68(66)70(58)56-29-15-17-31-60(56)72(64)49-24-6-2-7-25-49/h1-43H. The van der Waals surface area contributed by atoms with Gasteiger partial charge in [0.25, 0.3) is 6.71 Å². The molecular formula is C68H43B2N3O2S. The normalized spacial score (nSPS) is 13.3. The van der Waals surface area contributed by atoms with Crippen LogP contribution in [-0.4, -0.2) is 13.4 Å². The van der Waals surface area contributed by atoms with E-state index in [2.05, 4.69) is 276 Å². The highest BCUT2D eigenvalue weighted by atomic mass is 32.2. The fraction of sp³-hybridized carbons (Fsp3) is 0. The summed E-state index contributed by atoms with van der Waals surface area (Å²) < 4.78 is 14.0. The van der Waals surface area contributed by atoms with Gasteiger partial charge < -0.3 is 24.2 Å². The van der Waals surface area contributed by atoms with Gasteiger partial charge in [0, 0.05) is 79.2 Å². The zero-order chi connectivity index (χ0) is 49.8. The summed E-state index contributed by atoms with van der Waals surface area (Å²) in [6, 6.07) is 94.2. The molecule has 0 amide bonds. The van der Waals surface area contributed by atoms with Crippen molar-refractivity contribution in [1.29, 1.82) is 0 Å². The molecule has 0 fully saturated rings. The molecule has 8 heteroatoms. The SMILES string of the molecule is c1ccc(N2c3ccccc3B3c4cc5c(cc4Sc4cc(Oc6ccc7ccccc7c6)cc2c43)N(c2ccccc2)c2cc(Oc3ccc4ccccc4c3)cc3c2B5c2ccccc2N3c2ccccc2)cc1. The largest absolute Gasteiger partial charge is 0.457 e. The Morgan fingerprint density at radius 1 is 0.263 bits per heavy atom. The zero-order valence-electron chi connectivity index (χ0n) is 41.0. The van der Waals surface area contributed by atoms with Crippen LogP contribution >= 0.6 is 11.8 Å². The van der Waals surface area contributed by atoms with Crippen LogP contribution in [0.15, 0.2) is 271 Å². The second kappa shape index (κ2) is 17.1. The minimum absolute atomic E-state index is 0.0548. The van der Waals surface area contributed by atoms with E-state index in [0.717, 1.165) is 85.0 Å². The molecule has 76 heavy (non-hydrogen) atoms. The van der Waals surface area contributed by atoms with E-state index < -0.39 is 0 Å². The summed E-state index contributed by atoms with van der Waals surface area (Å²) in [7, 11) is 0. The van der Waals surface area contributed by atoms with Crippen molar-refractivity contribution in [2.45, 2.75) is 9.79 Å². The van der Waals surface area contributed by atoms with Gasteiger partial charge in [-0.2, -0.15) is 0 Å². The number of hydrogen-bond acceptors (Lipinski definition) is 6. The Labute approximate surface area is 446 Å². The van der Waals surface area contributed by atoms with Crippen LogP contribution in [0.1, 0.15) is 0 Å². The van der Waals surface area contributed by atoms with E-state index in [-0.39, 0.29) is 13.4 Å². The lowest BCUT2D eigenvalue weighted by molar-refractivity contribution is 0.482. The van der Waals surface area contributed by atoms with Crippen molar-refractivity contribution in [2.75, 3.05) is 14.7 Å². The first-order chi connectivity index (χ1) is 37.7. The Balaban J connectivity index is 0.936. The Morgan fingerprint density at radius 2 is 0.684 bits per heavy atom. The summed E-state index contributed by atoms with van der Waals surface area (Å²) in [5.74, 6) is 3.16. The molecule has 16 rings (SSSR count). The van der Waals surface area contributed by atoms with E-state index in [1.54, 1.807) is 0 Å². The maximum absolute atomic E-state index is 7.05. The lowest BCUT2D eigenvalue weighted by Gasteiger charge is -2.45. The van der Waals surface area contributed by atoms with Gasteiger partial charge in [-0.1, -0.05) is 175 Å². The summed E-state index contributed by atoms with van der Waals surface area (Å²) >= 11 is 1.85. The van der Waals surface area contributed by atoms with Crippen molar-refractivity contribution in [2.24, 2.45) is 0 Å². The Bertz CT molecular complexity index is 4330. The Hall–Kier alpha value is -9.36. The molecule has 0 bridgehead atoms. The van der Waals surface area contributed by atoms with E-state index in [1.807, 2.05) is 11.8 Å². The second-order valence-electron chi connectivity index (χ2n) is 20.0. The molecule has 0 atom stereocenters. The number of ether oxygens (including phenoxy) is 2. The zero-order valence-corrected chi connectivity index (χ0v) is 41.9. The smallest absolute Gasteiger partial charge is 0.252 e. The average molecular weight is 988 g/mol. The number of para-hydroxylation sites is 5. The fourth-order valence-electron chi connectivity index (χ4n) is 12.5. The van der Waals surface area contributed by atoms with E-state index in [1.165, 1.54) is 53.3 Å². The third-order valence-electron chi connectivity index (χ3n) is 15.7. The first-order valence-electron chi connectivity index (χ1n) is 26.0. The van der Waals surface area contributed by atoms with Crippen LogP contribution in [0.25, 0.3) is 21.5 Å². The van der Waals surface area contributed by atoms with Crippen molar-refractivity contribution < 1.29 is 9.47 Å². The molecule has 0 aromatic heterocycles. The van der Waals surface area contributed by atoms with Gasteiger partial charge >= 0.3 is 0 Å². The van der Waals surface area contributed by atoms with Crippen LogP contribution in [0.4, 0.5) is 51.2 Å². The van der Waals surface area contributed by atoms with Gasteiger partial charge in [-0.25, -0.2) is 0 Å². The molecule has 4 aliphatic rings. The number of anilines is 9. The molecule has 0 aliphatic carbocycles. The van der Waals surface area contributed by atoms with Crippen LogP contribution in [0, 0.1) is 0 Å². The van der Waals surface area contributed by atoms with Crippen molar-refractivity contribution >= 4 is 131 Å². The third-order valence-corrected chi connectivity index (χ3v) is 16.8. The van der Waals surface area contributed by atoms with E-state index in [4.69, 9.17) is 9.47 Å². The maximum atomic E-state index is 7.05. The highest BCUT2D eigenvalue weighted by Crippen LogP contribution is 2.49. The molecule has 0 spiro atoms. The first-order valence-corrected chi connectivity index (χ1v) is 26.8. The predicted octanol–water partition coefficient (Wildman–Crippen LogP) is 14.4. The van der Waals surface area contributed by atoms with Gasteiger partial charge in [-0.15, -0.1) is 0 Å². The lowest BCUT2D eigenvalue weighted by atomic mass is 9.31. The molecule has 12 aromatic carbocycles. The number of fused-ring (bicyclic) bond motifs is 10. The number of nitrogens with zero attached hydrogens (tertiary/aromatic N) is 3. The molecular weight excluding hydrogens is 944 g/mol. The molecule has 0 saturated carbocycles. The highest BCUT2D eigenvalue weighted by molar-refractivity contribution is 8.00. The molecule has 5 nitrogen and oxygen atoms in total. The topological polar surface area (TPSA) is 28.2 Å². The Kier molecular flexibility index (Phi) is 9.69. The minimum atomic E-state index is -0.0978. The van der Waals surface area contributed by atoms with Crippen molar-refractivity contribution in [3.8, 4) is 23.0 Å². The van der Waals surface area contributed by atoms with Crippen molar-refractivity contribution in [1.82, 2.24) is 0 Å². The van der Waals surface area contributed by atoms with Crippen LogP contribution in [0.5, 0.6) is 23.0 Å². The molecule has 4 heterocycles. The van der Waals surface area contributed by atoms with Crippen molar-refractivity contribution in [3.05, 3.63) is 261 Å². The molecule has 0 N–H and O–H groups in total. The van der Waals surface area contributed by atoms with Gasteiger partial charge in [0.1, 0.15) is 23.0 Å². The van der Waals surface area contributed by atoms with Crippen LogP contribution in [0.3, 0.4) is 0 Å². The van der Waals surface area contributed by atoms with Gasteiger partial charge in [0.2, 0.25) is 6.71 Å². The van der Waals surface area contributed by atoms with Crippen LogP contribution in [0.2, 0.25) is 0 Å². The molecule has 12 aromatic rings. The Morgan fingerprint density at radius 3 is 1.21 bits per heavy atom. The molecule has 354 valence electrons. The monoisotopic (exact) mass is 987 g/mol.